The van der Waals surface area contributed by atoms with Crippen LogP contribution in [0.2, 0.25) is 0 Å². The second-order valence-electron chi connectivity index (χ2n) is 11.3. The second kappa shape index (κ2) is 10.3. The maximum Gasteiger partial charge on any atom is 0.319 e. The van der Waals surface area contributed by atoms with Gasteiger partial charge in [-0.25, -0.2) is 4.39 Å². The molecule has 3 aliphatic heterocycles. The zero-order valence-electron chi connectivity index (χ0n) is 23.1. The number of anilines is 1. The minimum absolute atomic E-state index is 0.00282. The first-order valence-electron chi connectivity index (χ1n) is 14.2. The van der Waals surface area contributed by atoms with Gasteiger partial charge in [0, 0.05) is 37.8 Å². The van der Waals surface area contributed by atoms with E-state index in [0.29, 0.717) is 36.6 Å². The molecule has 0 saturated carbocycles. The van der Waals surface area contributed by atoms with E-state index in [1.165, 1.54) is 17.6 Å². The smallest absolute Gasteiger partial charge is 0.319 e. The lowest BCUT2D eigenvalue weighted by Crippen LogP contribution is -2.43. The average Bonchev–Trinajstić information content (AvgIpc) is 3.79. The van der Waals surface area contributed by atoms with E-state index < -0.39 is 5.82 Å². The van der Waals surface area contributed by atoms with Crippen LogP contribution in [0.5, 0.6) is 6.01 Å². The molecule has 3 aromatic heterocycles. The number of benzene rings is 1. The average molecular weight is 574 g/mol. The van der Waals surface area contributed by atoms with Crippen molar-refractivity contribution in [1.82, 2.24) is 29.1 Å². The van der Waals surface area contributed by atoms with E-state index >= 15 is 4.39 Å². The molecule has 0 aliphatic carbocycles. The summed E-state index contributed by atoms with van der Waals surface area (Å²) in [6.45, 7) is 7.42. The minimum Gasteiger partial charge on any atom is -0.461 e. The Morgan fingerprint density at radius 2 is 2.00 bits per heavy atom. The van der Waals surface area contributed by atoms with Crippen LogP contribution in [-0.4, -0.2) is 86.4 Å². The maximum absolute atomic E-state index is 16.4. The van der Waals surface area contributed by atoms with Gasteiger partial charge in [0.2, 0.25) is 5.91 Å². The van der Waals surface area contributed by atoms with Gasteiger partial charge in [-0.15, -0.1) is 0 Å². The molecular weight excluding hydrogens is 541 g/mol. The molecule has 0 bridgehead atoms. The summed E-state index contributed by atoms with van der Waals surface area (Å²) in [6, 6.07) is 7.90. The van der Waals surface area contributed by atoms with Crippen molar-refractivity contribution in [2.45, 2.75) is 43.7 Å². The Kier molecular flexibility index (Phi) is 6.58. The van der Waals surface area contributed by atoms with E-state index in [4.69, 9.17) is 9.72 Å². The van der Waals surface area contributed by atoms with Crippen LogP contribution in [0.15, 0.2) is 43.1 Å². The van der Waals surface area contributed by atoms with Gasteiger partial charge in [0.25, 0.3) is 0 Å². The molecule has 41 heavy (non-hydrogen) atoms. The number of likely N-dealkylation sites (N-methyl/N-ethyl adjacent to an activating group) is 1. The third-order valence-electron chi connectivity index (χ3n) is 9.06. The normalized spacial score (nSPS) is 20.1. The molecule has 0 spiro atoms. The van der Waals surface area contributed by atoms with Crippen LogP contribution >= 0.6 is 11.5 Å². The van der Waals surface area contributed by atoms with Gasteiger partial charge in [0.05, 0.1) is 15.6 Å². The lowest BCUT2D eigenvalue weighted by molar-refractivity contribution is -0.125. The number of ether oxygens (including phenoxy) is 1. The summed E-state index contributed by atoms with van der Waals surface area (Å²) < 4.78 is 28.2. The standard InChI is InChI=1S/C30H32FN7O2S/c1-3-23(39)37-15-10-19(17-37)36(2)28-21-16-32-27(26-20-8-4-5-9-22(20)41-35-26)24(31)25(21)33-29(34-28)40-18-30-11-6-13-38(30)14-7-12-30/h3-5,8-9,16,19H,1,6-7,10-15,17-18H2,2H3. The molecule has 9 nitrogen and oxygen atoms in total. The summed E-state index contributed by atoms with van der Waals surface area (Å²) in [6.07, 6.45) is 8.21. The summed E-state index contributed by atoms with van der Waals surface area (Å²) in [4.78, 5) is 32.5. The lowest BCUT2D eigenvalue weighted by Gasteiger charge is -2.31. The largest absolute Gasteiger partial charge is 0.461 e. The molecular formula is C30H32FN7O2S. The zero-order chi connectivity index (χ0) is 28.1. The van der Waals surface area contributed by atoms with Crippen molar-refractivity contribution in [3.63, 3.8) is 0 Å². The predicted molar refractivity (Wildman–Crippen MR) is 158 cm³/mol. The number of nitrogens with zero attached hydrogens (tertiary/aromatic N) is 7. The van der Waals surface area contributed by atoms with Gasteiger partial charge in [-0.05, 0) is 68.9 Å². The SMILES string of the molecule is C=CC(=O)N1CCC(N(C)c2nc(OCC34CCCN3CCC4)nc3c(F)c(-c4nsc5ccccc45)ncc23)C1. The van der Waals surface area contributed by atoms with E-state index in [2.05, 4.69) is 25.8 Å². The van der Waals surface area contributed by atoms with Crippen LogP contribution in [0.1, 0.15) is 32.1 Å². The van der Waals surface area contributed by atoms with Gasteiger partial charge in [0.15, 0.2) is 5.82 Å². The monoisotopic (exact) mass is 573 g/mol. The number of fused-ring (bicyclic) bond motifs is 3. The molecule has 0 radical (unpaired) electrons. The highest BCUT2D eigenvalue weighted by molar-refractivity contribution is 7.13. The quantitative estimate of drug-likeness (QED) is 0.295. The van der Waals surface area contributed by atoms with E-state index in [1.807, 2.05) is 36.2 Å². The van der Waals surface area contributed by atoms with Crippen molar-refractivity contribution in [3.05, 3.63) is 48.9 Å². The van der Waals surface area contributed by atoms with Gasteiger partial charge in [0.1, 0.15) is 29.3 Å². The first kappa shape index (κ1) is 26.2. The fourth-order valence-corrected chi connectivity index (χ4v) is 7.57. The Bertz CT molecular complexity index is 1650. The Hall–Kier alpha value is -3.70. The van der Waals surface area contributed by atoms with Crippen LogP contribution in [0.4, 0.5) is 10.2 Å². The number of aromatic nitrogens is 4. The van der Waals surface area contributed by atoms with Crippen LogP contribution in [-0.2, 0) is 4.79 Å². The molecule has 3 saturated heterocycles. The van der Waals surface area contributed by atoms with Crippen molar-refractivity contribution in [3.8, 4) is 17.4 Å². The molecule has 1 aromatic carbocycles. The molecule has 3 aliphatic rings. The van der Waals surface area contributed by atoms with Crippen LogP contribution in [0, 0.1) is 5.82 Å². The molecule has 1 atom stereocenters. The molecule has 3 fully saturated rings. The number of carbonyl (C=O) groups is 1. The van der Waals surface area contributed by atoms with Gasteiger partial charge in [-0.3, -0.25) is 14.7 Å². The fourth-order valence-electron chi connectivity index (χ4n) is 6.80. The fraction of sp³-hybridized carbons (Fsp3) is 0.433. The summed E-state index contributed by atoms with van der Waals surface area (Å²) in [5, 5.41) is 1.35. The van der Waals surface area contributed by atoms with Crippen molar-refractivity contribution in [2.24, 2.45) is 0 Å². The Morgan fingerprint density at radius 3 is 2.80 bits per heavy atom. The van der Waals surface area contributed by atoms with E-state index in [-0.39, 0.29) is 34.7 Å². The van der Waals surface area contributed by atoms with E-state index in [0.717, 1.165) is 55.3 Å². The second-order valence-corrected chi connectivity index (χ2v) is 12.1. The van der Waals surface area contributed by atoms with Gasteiger partial charge in [-0.2, -0.15) is 14.3 Å². The number of carbonyl (C=O) groups excluding carboxylic acids is 1. The molecule has 11 heteroatoms. The number of hydrogen-bond donors (Lipinski definition) is 0. The van der Waals surface area contributed by atoms with Crippen LogP contribution < -0.4 is 9.64 Å². The number of hydrogen-bond acceptors (Lipinski definition) is 9. The predicted octanol–water partition coefficient (Wildman–Crippen LogP) is 4.67. The van der Waals surface area contributed by atoms with Gasteiger partial charge < -0.3 is 14.5 Å². The molecule has 1 unspecified atom stereocenters. The highest BCUT2D eigenvalue weighted by atomic mass is 32.1. The maximum atomic E-state index is 16.4. The highest BCUT2D eigenvalue weighted by Gasteiger charge is 2.45. The van der Waals surface area contributed by atoms with Crippen LogP contribution in [0.3, 0.4) is 0 Å². The zero-order valence-corrected chi connectivity index (χ0v) is 23.9. The van der Waals surface area contributed by atoms with Gasteiger partial charge >= 0.3 is 6.01 Å². The molecule has 212 valence electrons. The topological polar surface area (TPSA) is 87.6 Å². The molecule has 1 amide bonds. The van der Waals surface area contributed by atoms with Crippen molar-refractivity contribution in [2.75, 3.05) is 44.7 Å². The Balaban J connectivity index is 1.30. The van der Waals surface area contributed by atoms with Crippen molar-refractivity contribution < 1.29 is 13.9 Å². The third kappa shape index (κ3) is 4.42. The Morgan fingerprint density at radius 1 is 1.20 bits per heavy atom. The molecule has 7 rings (SSSR count). The summed E-state index contributed by atoms with van der Waals surface area (Å²) in [5.41, 5.74) is 0.821. The highest BCUT2D eigenvalue weighted by Crippen LogP contribution is 2.40. The lowest BCUT2D eigenvalue weighted by atomic mass is 9.95. The minimum atomic E-state index is -0.545. The van der Waals surface area contributed by atoms with Crippen molar-refractivity contribution >= 4 is 44.2 Å². The van der Waals surface area contributed by atoms with E-state index in [9.17, 15) is 4.79 Å². The first-order valence-corrected chi connectivity index (χ1v) is 15.0. The number of likely N-dealkylation sites (tertiary alicyclic amines) is 1. The molecule has 4 aromatic rings. The summed E-state index contributed by atoms with van der Waals surface area (Å²) >= 11 is 1.32. The summed E-state index contributed by atoms with van der Waals surface area (Å²) in [5.74, 6) is -0.102. The third-order valence-corrected chi connectivity index (χ3v) is 9.88. The number of pyridine rings is 1. The molecule has 6 heterocycles. The van der Waals surface area contributed by atoms with E-state index in [1.54, 1.807) is 11.1 Å². The number of amides is 1. The summed E-state index contributed by atoms with van der Waals surface area (Å²) in [7, 11) is 1.92. The van der Waals surface area contributed by atoms with Crippen LogP contribution in [0.25, 0.3) is 32.4 Å². The molecule has 0 N–H and O–H groups in total. The van der Waals surface area contributed by atoms with Gasteiger partial charge in [-0.1, -0.05) is 24.8 Å². The first-order chi connectivity index (χ1) is 20.0. The Labute approximate surface area is 241 Å². The number of rotatable bonds is 7. The number of halogens is 1. The van der Waals surface area contributed by atoms with Crippen molar-refractivity contribution in [1.29, 1.82) is 0 Å².